The van der Waals surface area contributed by atoms with Gasteiger partial charge in [-0.15, -0.1) is 0 Å². The Morgan fingerprint density at radius 2 is 1.82 bits per heavy atom. The molecule has 1 aliphatic heterocycles. The van der Waals surface area contributed by atoms with Crippen molar-refractivity contribution in [1.82, 2.24) is 5.32 Å². The summed E-state index contributed by atoms with van der Waals surface area (Å²) in [6, 6.07) is 0. The van der Waals surface area contributed by atoms with Crippen molar-refractivity contribution >= 4 is 0 Å². The molecule has 0 unspecified atom stereocenters. The van der Waals surface area contributed by atoms with Gasteiger partial charge in [0.1, 0.15) is 0 Å². The Hall–Kier alpha value is -0.0400. The highest BCUT2D eigenvalue weighted by Crippen LogP contribution is 2.33. The minimum Gasteiger partial charge on any atom is -0.311 e. The van der Waals surface area contributed by atoms with Crippen LogP contribution in [-0.4, -0.2) is 12.1 Å². The lowest BCUT2D eigenvalue weighted by Gasteiger charge is -2.41. The van der Waals surface area contributed by atoms with Gasteiger partial charge in [-0.05, 0) is 51.5 Å². The molecular formula is C10H18N. The lowest BCUT2D eigenvalue weighted by atomic mass is 9.76. The summed E-state index contributed by atoms with van der Waals surface area (Å²) >= 11 is 0. The molecule has 0 bridgehead atoms. The van der Waals surface area contributed by atoms with Gasteiger partial charge in [-0.2, -0.15) is 0 Å². The van der Waals surface area contributed by atoms with Crippen LogP contribution in [0.15, 0.2) is 0 Å². The largest absolute Gasteiger partial charge is 0.311 e. The first-order valence-corrected chi connectivity index (χ1v) is 4.98. The van der Waals surface area contributed by atoms with E-state index in [0.717, 1.165) is 0 Å². The normalized spacial score (nSPS) is 30.5. The molecule has 11 heavy (non-hydrogen) atoms. The zero-order valence-corrected chi connectivity index (χ0v) is 7.23. The number of hydrogen-bond acceptors (Lipinski definition) is 1. The number of nitrogens with one attached hydrogen (secondary N) is 1. The van der Waals surface area contributed by atoms with Crippen LogP contribution in [0.25, 0.3) is 0 Å². The molecule has 0 amide bonds. The quantitative estimate of drug-likeness (QED) is 0.561. The highest BCUT2D eigenvalue weighted by molar-refractivity contribution is 4.96. The molecule has 1 saturated carbocycles. The highest BCUT2D eigenvalue weighted by atomic mass is 15.0. The first-order valence-electron chi connectivity index (χ1n) is 4.98. The molecule has 1 heteroatoms. The maximum atomic E-state index is 3.71. The molecule has 0 atom stereocenters. The predicted molar refractivity (Wildman–Crippen MR) is 47.4 cm³/mol. The molecule has 1 radical (unpaired) electrons. The maximum Gasteiger partial charge on any atom is 0.0181 e. The van der Waals surface area contributed by atoms with E-state index < -0.39 is 0 Å². The summed E-state index contributed by atoms with van der Waals surface area (Å²) in [5.74, 6) is 0. The Bertz CT molecular complexity index is 99.3. The van der Waals surface area contributed by atoms with E-state index in [2.05, 4.69) is 11.7 Å². The number of piperidine rings is 1. The Labute approximate surface area is 69.6 Å². The van der Waals surface area contributed by atoms with E-state index >= 15 is 0 Å². The molecule has 2 rings (SSSR count). The van der Waals surface area contributed by atoms with Gasteiger partial charge in [0.05, 0.1) is 0 Å². The Morgan fingerprint density at radius 1 is 1.00 bits per heavy atom. The molecule has 2 fully saturated rings. The van der Waals surface area contributed by atoms with Crippen molar-refractivity contribution in [1.29, 1.82) is 0 Å². The smallest absolute Gasteiger partial charge is 0.0181 e. The molecule has 1 saturated heterocycles. The lowest BCUT2D eigenvalue weighted by Crippen LogP contribution is -2.49. The highest BCUT2D eigenvalue weighted by Gasteiger charge is 2.32. The van der Waals surface area contributed by atoms with Crippen LogP contribution in [0.2, 0.25) is 0 Å². The zero-order valence-electron chi connectivity index (χ0n) is 7.23. The fourth-order valence-corrected chi connectivity index (χ4v) is 2.48. The second kappa shape index (κ2) is 3.14. The second-order valence-corrected chi connectivity index (χ2v) is 4.03. The summed E-state index contributed by atoms with van der Waals surface area (Å²) in [6.07, 6.45) is 12.2. The number of hydrogen-bond donors (Lipinski definition) is 1. The molecule has 1 N–H and O–H groups in total. The molecular weight excluding hydrogens is 134 g/mol. The minimum atomic E-state index is 0.576. The molecule has 0 aromatic carbocycles. The van der Waals surface area contributed by atoms with Crippen LogP contribution in [0, 0.1) is 6.42 Å². The van der Waals surface area contributed by atoms with Crippen LogP contribution in [0.1, 0.15) is 44.9 Å². The van der Waals surface area contributed by atoms with E-state index in [9.17, 15) is 0 Å². The number of rotatable bonds is 0. The van der Waals surface area contributed by atoms with Crippen molar-refractivity contribution in [3.63, 3.8) is 0 Å². The van der Waals surface area contributed by atoms with Gasteiger partial charge in [0.15, 0.2) is 0 Å². The molecule has 1 aliphatic carbocycles. The van der Waals surface area contributed by atoms with Crippen molar-refractivity contribution in [2.24, 2.45) is 0 Å². The Morgan fingerprint density at radius 3 is 2.45 bits per heavy atom. The topological polar surface area (TPSA) is 12.0 Å². The molecule has 2 aliphatic rings. The third kappa shape index (κ3) is 1.58. The van der Waals surface area contributed by atoms with Gasteiger partial charge in [-0.1, -0.05) is 6.42 Å². The van der Waals surface area contributed by atoms with Gasteiger partial charge in [-0.3, -0.25) is 0 Å². The third-order valence-corrected chi connectivity index (χ3v) is 3.24. The molecule has 63 valence electrons. The van der Waals surface area contributed by atoms with Crippen molar-refractivity contribution in [3.8, 4) is 0 Å². The van der Waals surface area contributed by atoms with Crippen LogP contribution >= 0.6 is 0 Å². The van der Waals surface area contributed by atoms with E-state index in [0.29, 0.717) is 5.54 Å². The van der Waals surface area contributed by atoms with Gasteiger partial charge >= 0.3 is 0 Å². The fourth-order valence-electron chi connectivity index (χ4n) is 2.48. The standard InChI is InChI=1S/C10H18N/c1-2-6-10(7-3-1)8-4-5-9-11-10/h1,11H,2-9H2. The Balaban J connectivity index is 1.94. The third-order valence-electron chi connectivity index (χ3n) is 3.24. The summed E-state index contributed by atoms with van der Waals surface area (Å²) in [6.45, 7) is 1.26. The first-order chi connectivity index (χ1) is 5.41. The first kappa shape index (κ1) is 7.60. The minimum absolute atomic E-state index is 0.576. The van der Waals surface area contributed by atoms with Crippen LogP contribution in [-0.2, 0) is 0 Å². The van der Waals surface area contributed by atoms with E-state index in [1.807, 2.05) is 0 Å². The van der Waals surface area contributed by atoms with Crippen LogP contribution < -0.4 is 5.32 Å². The van der Waals surface area contributed by atoms with Crippen LogP contribution in [0.3, 0.4) is 0 Å². The van der Waals surface area contributed by atoms with Crippen LogP contribution in [0.4, 0.5) is 0 Å². The Kier molecular flexibility index (Phi) is 2.17. The molecule has 1 nitrogen and oxygen atoms in total. The molecule has 1 heterocycles. The zero-order chi connectivity index (χ0) is 7.57. The summed E-state index contributed by atoms with van der Waals surface area (Å²) in [5.41, 5.74) is 0.576. The molecule has 1 spiro atoms. The average molecular weight is 152 g/mol. The van der Waals surface area contributed by atoms with Gasteiger partial charge < -0.3 is 5.32 Å². The van der Waals surface area contributed by atoms with Crippen molar-refractivity contribution in [3.05, 3.63) is 6.42 Å². The van der Waals surface area contributed by atoms with Gasteiger partial charge in [0.2, 0.25) is 0 Å². The van der Waals surface area contributed by atoms with Gasteiger partial charge in [0, 0.05) is 5.54 Å². The molecule has 0 aromatic rings. The maximum absolute atomic E-state index is 3.71. The summed E-state index contributed by atoms with van der Waals surface area (Å²) in [5, 5.41) is 3.71. The van der Waals surface area contributed by atoms with E-state index in [1.54, 1.807) is 0 Å². The van der Waals surface area contributed by atoms with Crippen molar-refractivity contribution in [2.75, 3.05) is 6.54 Å². The van der Waals surface area contributed by atoms with E-state index in [4.69, 9.17) is 0 Å². The predicted octanol–water partition coefficient (Wildman–Crippen LogP) is 2.28. The average Bonchev–Trinajstić information content (AvgIpc) is 2.07. The SMILES string of the molecule is [CH]1CCC2(CC1)CCCCN2. The second-order valence-electron chi connectivity index (χ2n) is 4.03. The summed E-state index contributed by atoms with van der Waals surface area (Å²) < 4.78 is 0. The van der Waals surface area contributed by atoms with Crippen molar-refractivity contribution in [2.45, 2.75) is 50.5 Å². The summed E-state index contributed by atoms with van der Waals surface area (Å²) in [4.78, 5) is 0. The van der Waals surface area contributed by atoms with E-state index in [-0.39, 0.29) is 0 Å². The molecule has 0 aromatic heterocycles. The van der Waals surface area contributed by atoms with Crippen molar-refractivity contribution < 1.29 is 0 Å². The lowest BCUT2D eigenvalue weighted by molar-refractivity contribution is 0.202. The fraction of sp³-hybridized carbons (Fsp3) is 0.900. The summed E-state index contributed by atoms with van der Waals surface area (Å²) in [7, 11) is 0. The van der Waals surface area contributed by atoms with Gasteiger partial charge in [0.25, 0.3) is 0 Å². The van der Waals surface area contributed by atoms with Crippen LogP contribution in [0.5, 0.6) is 0 Å². The van der Waals surface area contributed by atoms with Gasteiger partial charge in [-0.25, -0.2) is 0 Å². The van der Waals surface area contributed by atoms with E-state index in [1.165, 1.54) is 51.5 Å². The monoisotopic (exact) mass is 152 g/mol.